The Bertz CT molecular complexity index is 858. The Hall–Kier alpha value is -1.51. The Balaban J connectivity index is 0.000000289. The van der Waals surface area contributed by atoms with Crippen molar-refractivity contribution in [3.05, 3.63) is 33.8 Å². The molecule has 2 aromatic rings. The van der Waals surface area contributed by atoms with Crippen molar-refractivity contribution < 1.29 is 34.8 Å². The molecule has 0 spiro atoms. The highest BCUT2D eigenvalue weighted by atomic mass is 35.5. The van der Waals surface area contributed by atoms with E-state index in [-0.39, 0.29) is 9.24 Å². The predicted molar refractivity (Wildman–Crippen MR) is 78.8 cm³/mol. The minimum Gasteiger partial charge on any atom is -0.272 e. The number of rotatable bonds is 2. The van der Waals surface area contributed by atoms with Gasteiger partial charge < -0.3 is 0 Å². The van der Waals surface area contributed by atoms with Gasteiger partial charge in [0.2, 0.25) is 0 Å². The van der Waals surface area contributed by atoms with Crippen LogP contribution in [0.4, 0.5) is 26.3 Å². The quantitative estimate of drug-likeness (QED) is 0.715. The molecule has 0 aliphatic rings. The second kappa shape index (κ2) is 7.62. The molecule has 0 bridgehead atoms. The van der Waals surface area contributed by atoms with Gasteiger partial charge in [-0.25, -0.2) is 0 Å². The predicted octanol–water partition coefficient (Wildman–Crippen LogP) is 3.29. The molecule has 0 fully saturated rings. The van der Waals surface area contributed by atoms with Crippen LogP contribution in [-0.4, -0.2) is 46.2 Å². The Kier molecular flexibility index (Phi) is 6.60. The molecule has 0 aromatic carbocycles. The third-order valence-electron chi connectivity index (χ3n) is 2.46. The zero-order valence-electron chi connectivity index (χ0n) is 12.7. The van der Waals surface area contributed by atoms with Gasteiger partial charge >= 0.3 is 22.6 Å². The molecule has 2 rings (SSSR count). The van der Waals surface area contributed by atoms with E-state index in [0.717, 1.165) is 20.2 Å². The van der Waals surface area contributed by atoms with Crippen molar-refractivity contribution in [3.63, 3.8) is 0 Å². The molecule has 0 radical (unpaired) electrons. The normalized spacial score (nSPS) is 12.9. The van der Waals surface area contributed by atoms with E-state index < -0.39 is 39.1 Å². The summed E-state index contributed by atoms with van der Waals surface area (Å²) in [6.45, 7) is 0. The molecule has 2 aromatic heterocycles. The van der Waals surface area contributed by atoms with Crippen molar-refractivity contribution in [1.82, 2.24) is 23.7 Å². The number of H-pyrrole nitrogens is 1. The van der Waals surface area contributed by atoms with Crippen LogP contribution in [0.1, 0.15) is 11.4 Å². The second-order valence-corrected chi connectivity index (χ2v) is 7.33. The largest absolute Gasteiger partial charge is 0.435 e. The van der Waals surface area contributed by atoms with Gasteiger partial charge in [-0.3, -0.25) is 5.10 Å². The summed E-state index contributed by atoms with van der Waals surface area (Å²) in [5.41, 5.74) is -2.29. The van der Waals surface area contributed by atoms with Crippen LogP contribution in [0.15, 0.2) is 12.1 Å². The molecule has 0 saturated heterocycles. The van der Waals surface area contributed by atoms with Gasteiger partial charge in [-0.05, 0) is 0 Å². The minimum atomic E-state index is -4.74. The van der Waals surface area contributed by atoms with Crippen LogP contribution in [0, 0.1) is 0 Å². The average molecular weight is 448 g/mol. The topological polar surface area (TPSA) is 83.9 Å². The lowest BCUT2D eigenvalue weighted by molar-refractivity contribution is -0.142. The van der Waals surface area contributed by atoms with Crippen LogP contribution in [0.2, 0.25) is 10.3 Å². The molecule has 0 aliphatic heterocycles. The first-order valence-corrected chi connectivity index (χ1v) is 8.26. The molecule has 0 unspecified atom stereocenters. The van der Waals surface area contributed by atoms with E-state index in [1.807, 2.05) is 0 Å². The molecule has 26 heavy (non-hydrogen) atoms. The van der Waals surface area contributed by atoms with E-state index in [9.17, 15) is 34.8 Å². The standard InChI is InChI=1S/C6H7ClF3N3O2S.C4H2ClF3N2/c1-12(2)16(14,15)13-5(7)3-4(11-13)6(8,9)10;5-3-1-2(9-10-3)4(6,7)8/h3H,1-2H3;1H,(H,9,10). The smallest absolute Gasteiger partial charge is 0.272 e. The maximum Gasteiger partial charge on any atom is 0.435 e. The van der Waals surface area contributed by atoms with Crippen molar-refractivity contribution in [2.45, 2.75) is 12.4 Å². The summed E-state index contributed by atoms with van der Waals surface area (Å²) in [6.07, 6.45) is -9.13. The van der Waals surface area contributed by atoms with Crippen LogP contribution in [0.25, 0.3) is 0 Å². The van der Waals surface area contributed by atoms with Gasteiger partial charge in [0.15, 0.2) is 10.8 Å². The highest BCUT2D eigenvalue weighted by Gasteiger charge is 2.36. The Morgan fingerprint density at radius 2 is 1.62 bits per heavy atom. The second-order valence-electron chi connectivity index (χ2n) is 4.59. The first-order valence-electron chi connectivity index (χ1n) is 6.10. The summed E-state index contributed by atoms with van der Waals surface area (Å²) in [6, 6.07) is 1.17. The Morgan fingerprint density at radius 3 is 1.88 bits per heavy atom. The van der Waals surface area contributed by atoms with Gasteiger partial charge in [-0.15, -0.1) is 4.09 Å². The highest BCUT2D eigenvalue weighted by molar-refractivity contribution is 7.87. The number of hydrogen-bond donors (Lipinski definition) is 1. The molecule has 7 nitrogen and oxygen atoms in total. The van der Waals surface area contributed by atoms with Gasteiger partial charge in [0.1, 0.15) is 10.8 Å². The number of hydrogen-bond acceptors (Lipinski definition) is 4. The molecular formula is C10H9Cl2F6N5O2S. The van der Waals surface area contributed by atoms with E-state index in [2.05, 4.69) is 10.2 Å². The molecular weight excluding hydrogens is 439 g/mol. The molecule has 2 heterocycles. The van der Waals surface area contributed by atoms with Crippen molar-refractivity contribution in [3.8, 4) is 0 Å². The fraction of sp³-hybridized carbons (Fsp3) is 0.400. The van der Waals surface area contributed by atoms with Crippen LogP contribution < -0.4 is 0 Å². The van der Waals surface area contributed by atoms with Crippen molar-refractivity contribution >= 4 is 33.4 Å². The van der Waals surface area contributed by atoms with E-state index in [0.29, 0.717) is 10.4 Å². The summed E-state index contributed by atoms with van der Waals surface area (Å²) in [4.78, 5) is 0. The maximum atomic E-state index is 12.2. The van der Waals surface area contributed by atoms with Crippen LogP contribution in [-0.2, 0) is 22.6 Å². The van der Waals surface area contributed by atoms with E-state index in [1.165, 1.54) is 0 Å². The number of nitrogens with one attached hydrogen (secondary N) is 1. The summed E-state index contributed by atoms with van der Waals surface area (Å²) in [5.74, 6) is 0. The molecule has 0 amide bonds. The maximum absolute atomic E-state index is 12.2. The van der Waals surface area contributed by atoms with Crippen LogP contribution in [0.5, 0.6) is 0 Å². The van der Waals surface area contributed by atoms with Crippen molar-refractivity contribution in [1.29, 1.82) is 0 Å². The summed E-state index contributed by atoms with van der Waals surface area (Å²) >= 11 is 10.5. The van der Waals surface area contributed by atoms with Crippen molar-refractivity contribution in [2.24, 2.45) is 0 Å². The monoisotopic (exact) mass is 447 g/mol. The number of aromatic nitrogens is 4. The first kappa shape index (κ1) is 22.5. The van der Waals surface area contributed by atoms with E-state index in [4.69, 9.17) is 23.2 Å². The number of nitrogens with zero attached hydrogens (tertiary/aromatic N) is 4. The van der Waals surface area contributed by atoms with E-state index in [1.54, 1.807) is 5.10 Å². The summed E-state index contributed by atoms with van der Waals surface area (Å²) < 4.78 is 95.5. The van der Waals surface area contributed by atoms with Gasteiger partial charge in [0, 0.05) is 26.2 Å². The molecule has 148 valence electrons. The third-order valence-corrected chi connectivity index (χ3v) is 4.66. The number of alkyl halides is 6. The summed E-state index contributed by atoms with van der Waals surface area (Å²) in [7, 11) is -1.83. The zero-order valence-corrected chi connectivity index (χ0v) is 15.0. The Labute approximate surface area is 152 Å². The van der Waals surface area contributed by atoms with Gasteiger partial charge in [-0.2, -0.15) is 49.3 Å². The lowest BCUT2D eigenvalue weighted by atomic mass is 10.4. The van der Waals surface area contributed by atoms with Gasteiger partial charge in [0.05, 0.1) is 0 Å². The minimum absolute atomic E-state index is 0.122. The fourth-order valence-corrected chi connectivity index (χ4v) is 2.57. The lowest BCUT2D eigenvalue weighted by Crippen LogP contribution is -2.30. The highest BCUT2D eigenvalue weighted by Crippen LogP contribution is 2.30. The lowest BCUT2D eigenvalue weighted by Gasteiger charge is -2.11. The Morgan fingerprint density at radius 1 is 1.08 bits per heavy atom. The molecule has 0 atom stereocenters. The number of aromatic amines is 1. The number of halogens is 8. The molecule has 0 aliphatic carbocycles. The SMILES string of the molecule is CN(C)S(=O)(=O)n1nc(C(F)(F)F)cc1Cl.FC(F)(F)c1cc(Cl)n[nH]1. The first-order chi connectivity index (χ1) is 11.6. The van der Waals surface area contributed by atoms with E-state index >= 15 is 0 Å². The third kappa shape index (κ3) is 5.49. The van der Waals surface area contributed by atoms with Crippen LogP contribution in [0.3, 0.4) is 0 Å². The molecule has 0 saturated carbocycles. The van der Waals surface area contributed by atoms with Gasteiger partial charge in [-0.1, -0.05) is 23.2 Å². The fourth-order valence-electron chi connectivity index (χ4n) is 1.24. The van der Waals surface area contributed by atoms with Crippen LogP contribution >= 0.6 is 23.2 Å². The van der Waals surface area contributed by atoms with Gasteiger partial charge in [0.25, 0.3) is 0 Å². The molecule has 16 heteroatoms. The molecule has 1 N–H and O–H groups in total. The average Bonchev–Trinajstić information content (AvgIpc) is 3.04. The summed E-state index contributed by atoms with van der Waals surface area (Å²) in [5, 5.41) is 6.93. The van der Waals surface area contributed by atoms with Crippen molar-refractivity contribution in [2.75, 3.05) is 14.1 Å². The zero-order chi connectivity index (χ0) is 20.5.